The Balaban J connectivity index is 2.34. The van der Waals surface area contributed by atoms with Gasteiger partial charge in [-0.3, -0.25) is 0 Å². The molecule has 0 saturated heterocycles. The van der Waals surface area contributed by atoms with Crippen LogP contribution in [0.1, 0.15) is 31.7 Å². The Morgan fingerprint density at radius 1 is 1.36 bits per heavy atom. The predicted octanol–water partition coefficient (Wildman–Crippen LogP) is 3.93. The Morgan fingerprint density at radius 3 is 2.57 bits per heavy atom. The van der Waals surface area contributed by atoms with Crippen LogP contribution in [0.25, 0.3) is 0 Å². The summed E-state index contributed by atoms with van der Waals surface area (Å²) >= 11 is 0. The zero-order chi connectivity index (χ0) is 10.0. The van der Waals surface area contributed by atoms with Crippen molar-refractivity contribution >= 4 is 0 Å². The van der Waals surface area contributed by atoms with Crippen molar-refractivity contribution in [1.82, 2.24) is 0 Å². The summed E-state index contributed by atoms with van der Waals surface area (Å²) in [4.78, 5) is 0. The lowest BCUT2D eigenvalue weighted by Crippen LogP contribution is -2.18. The molecule has 0 radical (unpaired) electrons. The monoisotopic (exact) mass is 186 g/mol. The third-order valence-electron chi connectivity index (χ3n) is 3.54. The third-order valence-corrected chi connectivity index (χ3v) is 3.54. The van der Waals surface area contributed by atoms with Crippen LogP contribution in [0.4, 0.5) is 0 Å². The fourth-order valence-corrected chi connectivity index (χ4v) is 2.67. The van der Waals surface area contributed by atoms with E-state index in [2.05, 4.69) is 49.9 Å². The molecule has 2 atom stereocenters. The van der Waals surface area contributed by atoms with Crippen molar-refractivity contribution in [2.45, 2.75) is 31.6 Å². The van der Waals surface area contributed by atoms with E-state index in [9.17, 15) is 0 Å². The van der Waals surface area contributed by atoms with Crippen molar-refractivity contribution in [3.63, 3.8) is 0 Å². The van der Waals surface area contributed by atoms with Crippen LogP contribution in [0.5, 0.6) is 0 Å². The van der Waals surface area contributed by atoms with Crippen molar-refractivity contribution < 1.29 is 0 Å². The first-order valence-corrected chi connectivity index (χ1v) is 5.46. The first kappa shape index (κ1) is 9.51. The molecule has 14 heavy (non-hydrogen) atoms. The van der Waals surface area contributed by atoms with Gasteiger partial charge in [0.05, 0.1) is 0 Å². The highest BCUT2D eigenvalue weighted by Crippen LogP contribution is 2.44. The highest BCUT2D eigenvalue weighted by atomic mass is 14.4. The van der Waals surface area contributed by atoms with Gasteiger partial charge in [-0.15, -0.1) is 6.58 Å². The van der Waals surface area contributed by atoms with E-state index in [0.29, 0.717) is 0 Å². The summed E-state index contributed by atoms with van der Waals surface area (Å²) in [7, 11) is 0. The zero-order valence-corrected chi connectivity index (χ0v) is 8.87. The number of benzene rings is 1. The van der Waals surface area contributed by atoms with Crippen LogP contribution >= 0.6 is 0 Å². The zero-order valence-electron chi connectivity index (χ0n) is 8.87. The van der Waals surface area contributed by atoms with Gasteiger partial charge in [-0.05, 0) is 30.7 Å². The Labute approximate surface area is 86.7 Å². The average Bonchev–Trinajstić information content (AvgIpc) is 2.63. The highest BCUT2D eigenvalue weighted by Gasteiger charge is 2.35. The molecule has 1 saturated carbocycles. The van der Waals surface area contributed by atoms with E-state index in [1.165, 1.54) is 24.8 Å². The summed E-state index contributed by atoms with van der Waals surface area (Å²) in [5.74, 6) is 0.841. The summed E-state index contributed by atoms with van der Waals surface area (Å²) < 4.78 is 0. The molecule has 1 fully saturated rings. The van der Waals surface area contributed by atoms with Crippen LogP contribution in [0, 0.1) is 5.92 Å². The number of hydrogen-bond acceptors (Lipinski definition) is 0. The maximum absolute atomic E-state index is 4.03. The molecular formula is C14H18. The maximum atomic E-state index is 4.03. The molecule has 1 aromatic rings. The minimum atomic E-state index is 0.265. The second-order valence-corrected chi connectivity index (χ2v) is 4.57. The molecule has 74 valence electrons. The molecular weight excluding hydrogens is 168 g/mol. The smallest absolute Gasteiger partial charge is 0.0132 e. The lowest BCUT2D eigenvalue weighted by Gasteiger charge is -2.25. The molecule has 0 bridgehead atoms. The topological polar surface area (TPSA) is 0 Å². The van der Waals surface area contributed by atoms with Crippen LogP contribution in [-0.4, -0.2) is 0 Å². The Morgan fingerprint density at radius 2 is 2.07 bits per heavy atom. The van der Waals surface area contributed by atoms with Crippen molar-refractivity contribution in [2.75, 3.05) is 0 Å². The minimum absolute atomic E-state index is 0.265. The lowest BCUT2D eigenvalue weighted by atomic mass is 9.78. The molecule has 2 unspecified atom stereocenters. The number of rotatable bonds is 2. The molecule has 0 heteroatoms. The largest absolute Gasteiger partial charge is 0.102 e. The van der Waals surface area contributed by atoms with Gasteiger partial charge in [-0.1, -0.05) is 43.3 Å². The van der Waals surface area contributed by atoms with Crippen molar-refractivity contribution in [1.29, 1.82) is 0 Å². The van der Waals surface area contributed by atoms with Crippen molar-refractivity contribution in [3.05, 3.63) is 48.6 Å². The highest BCUT2D eigenvalue weighted by molar-refractivity contribution is 5.31. The Hall–Kier alpha value is -1.04. The first-order chi connectivity index (χ1) is 6.77. The van der Waals surface area contributed by atoms with E-state index in [1.54, 1.807) is 0 Å². The summed E-state index contributed by atoms with van der Waals surface area (Å²) in [5.41, 5.74) is 1.71. The van der Waals surface area contributed by atoms with E-state index < -0.39 is 0 Å². The van der Waals surface area contributed by atoms with E-state index in [1.807, 2.05) is 0 Å². The molecule has 0 spiro atoms. The fraction of sp³-hybridized carbons (Fsp3) is 0.429. The van der Waals surface area contributed by atoms with Gasteiger partial charge in [-0.25, -0.2) is 0 Å². The minimum Gasteiger partial charge on any atom is -0.102 e. The first-order valence-electron chi connectivity index (χ1n) is 5.46. The van der Waals surface area contributed by atoms with Gasteiger partial charge in [0.15, 0.2) is 0 Å². The SMILES string of the molecule is C=CC1(c2ccccc2)CCC(C)C1. The molecule has 0 amide bonds. The molecule has 0 nitrogen and oxygen atoms in total. The van der Waals surface area contributed by atoms with Crippen LogP contribution in [0.2, 0.25) is 0 Å². The molecule has 0 aliphatic heterocycles. The molecule has 1 aliphatic rings. The van der Waals surface area contributed by atoms with Crippen LogP contribution in [0.15, 0.2) is 43.0 Å². The van der Waals surface area contributed by atoms with E-state index in [4.69, 9.17) is 0 Å². The molecule has 0 heterocycles. The van der Waals surface area contributed by atoms with Gasteiger partial charge in [0.1, 0.15) is 0 Å². The molecule has 1 aromatic carbocycles. The average molecular weight is 186 g/mol. The Kier molecular flexibility index (Phi) is 2.45. The van der Waals surface area contributed by atoms with Gasteiger partial charge in [0, 0.05) is 5.41 Å². The predicted molar refractivity (Wildman–Crippen MR) is 61.3 cm³/mol. The van der Waals surface area contributed by atoms with E-state index in [-0.39, 0.29) is 5.41 Å². The van der Waals surface area contributed by atoms with Crippen molar-refractivity contribution in [2.24, 2.45) is 5.92 Å². The normalized spacial score (nSPS) is 31.6. The van der Waals surface area contributed by atoms with Gasteiger partial charge in [-0.2, -0.15) is 0 Å². The molecule has 0 N–H and O–H groups in total. The van der Waals surface area contributed by atoms with Gasteiger partial charge in [0.25, 0.3) is 0 Å². The summed E-state index contributed by atoms with van der Waals surface area (Å²) in [6.07, 6.45) is 6.02. The standard InChI is InChI=1S/C14H18/c1-3-14(10-9-12(2)11-14)13-7-5-4-6-8-13/h3-8,12H,1,9-11H2,2H3. The van der Waals surface area contributed by atoms with E-state index >= 15 is 0 Å². The third kappa shape index (κ3) is 1.50. The maximum Gasteiger partial charge on any atom is 0.0132 e. The van der Waals surface area contributed by atoms with Crippen LogP contribution in [-0.2, 0) is 5.41 Å². The fourth-order valence-electron chi connectivity index (χ4n) is 2.67. The van der Waals surface area contributed by atoms with Crippen molar-refractivity contribution in [3.8, 4) is 0 Å². The number of allylic oxidation sites excluding steroid dienone is 1. The summed E-state index contributed by atoms with van der Waals surface area (Å²) in [6.45, 7) is 6.37. The lowest BCUT2D eigenvalue weighted by molar-refractivity contribution is 0.521. The molecule has 0 aromatic heterocycles. The molecule has 1 aliphatic carbocycles. The second kappa shape index (κ2) is 3.61. The van der Waals surface area contributed by atoms with Crippen LogP contribution < -0.4 is 0 Å². The van der Waals surface area contributed by atoms with E-state index in [0.717, 1.165) is 5.92 Å². The summed E-state index contributed by atoms with van der Waals surface area (Å²) in [5, 5.41) is 0. The number of hydrogen-bond donors (Lipinski definition) is 0. The Bertz CT molecular complexity index is 312. The van der Waals surface area contributed by atoms with Crippen LogP contribution in [0.3, 0.4) is 0 Å². The quantitative estimate of drug-likeness (QED) is 0.614. The van der Waals surface area contributed by atoms with Gasteiger partial charge >= 0.3 is 0 Å². The second-order valence-electron chi connectivity index (χ2n) is 4.57. The van der Waals surface area contributed by atoms with Gasteiger partial charge < -0.3 is 0 Å². The summed E-state index contributed by atoms with van der Waals surface area (Å²) in [6, 6.07) is 10.8. The van der Waals surface area contributed by atoms with Gasteiger partial charge in [0.2, 0.25) is 0 Å². The molecule has 2 rings (SSSR count).